The first-order valence-corrected chi connectivity index (χ1v) is 9.09. The highest BCUT2D eigenvalue weighted by Gasteiger charge is 2.34. The summed E-state index contributed by atoms with van der Waals surface area (Å²) in [4.78, 5) is 23.8. The number of pyridine rings is 1. The molecule has 0 radical (unpaired) electrons. The smallest absolute Gasteiger partial charge is 0.350 e. The van der Waals surface area contributed by atoms with E-state index in [9.17, 15) is 31.2 Å². The molecule has 0 atom stereocenters. The van der Waals surface area contributed by atoms with Gasteiger partial charge in [-0.2, -0.15) is 13.2 Å². The third kappa shape index (κ3) is 5.17. The number of amides is 1. The molecule has 11 heteroatoms. The quantitative estimate of drug-likeness (QED) is 0.755. The van der Waals surface area contributed by atoms with E-state index in [0.717, 1.165) is 12.3 Å². The van der Waals surface area contributed by atoms with Gasteiger partial charge in [-0.15, -0.1) is 0 Å². The Bertz CT molecular complexity index is 1000. The predicted octanol–water partition coefficient (Wildman–Crippen LogP) is 1.09. The Morgan fingerprint density at radius 2 is 1.89 bits per heavy atom. The molecule has 0 saturated carbocycles. The van der Waals surface area contributed by atoms with Crippen LogP contribution in [0.5, 0.6) is 0 Å². The first kappa shape index (κ1) is 20.6. The minimum absolute atomic E-state index is 0.00541. The molecule has 0 unspecified atom stereocenters. The highest BCUT2D eigenvalue weighted by molar-refractivity contribution is 7.89. The third-order valence-electron chi connectivity index (χ3n) is 3.61. The fourth-order valence-corrected chi connectivity index (χ4v) is 3.03. The van der Waals surface area contributed by atoms with Gasteiger partial charge >= 0.3 is 6.18 Å². The summed E-state index contributed by atoms with van der Waals surface area (Å²) in [6, 6.07) is 7.46. The molecule has 27 heavy (non-hydrogen) atoms. The van der Waals surface area contributed by atoms with Crippen molar-refractivity contribution < 1.29 is 26.4 Å². The lowest BCUT2D eigenvalue weighted by atomic mass is 10.2. The average molecular weight is 403 g/mol. The summed E-state index contributed by atoms with van der Waals surface area (Å²) in [5.41, 5.74) is -2.21. The van der Waals surface area contributed by atoms with Crippen LogP contribution in [0.25, 0.3) is 0 Å². The Balaban J connectivity index is 2.08. The zero-order valence-corrected chi connectivity index (χ0v) is 14.9. The number of hydrogen-bond donors (Lipinski definition) is 2. The van der Waals surface area contributed by atoms with Gasteiger partial charge in [0.05, 0.1) is 4.90 Å². The second kappa shape index (κ2) is 7.92. The molecule has 1 heterocycles. The molecule has 0 fully saturated rings. The Morgan fingerprint density at radius 1 is 1.19 bits per heavy atom. The molecule has 1 amide bonds. The van der Waals surface area contributed by atoms with Crippen molar-refractivity contribution in [2.45, 2.75) is 24.2 Å². The van der Waals surface area contributed by atoms with Gasteiger partial charge in [0.15, 0.2) is 0 Å². The SMILES string of the molecule is CNS(=O)(=O)c1cccc(CNC(=O)Cn2cccc(C(F)(F)F)c2=O)c1. The summed E-state index contributed by atoms with van der Waals surface area (Å²) >= 11 is 0. The minimum atomic E-state index is -4.81. The maximum absolute atomic E-state index is 12.7. The van der Waals surface area contributed by atoms with Crippen LogP contribution in [-0.2, 0) is 34.1 Å². The van der Waals surface area contributed by atoms with Gasteiger partial charge in [-0.25, -0.2) is 13.1 Å². The molecule has 0 bridgehead atoms. The fraction of sp³-hybridized carbons (Fsp3) is 0.250. The Morgan fingerprint density at radius 3 is 2.52 bits per heavy atom. The third-order valence-corrected chi connectivity index (χ3v) is 5.02. The summed E-state index contributed by atoms with van der Waals surface area (Å²) < 4.78 is 64.5. The molecule has 2 N–H and O–H groups in total. The zero-order chi connectivity index (χ0) is 20.2. The van der Waals surface area contributed by atoms with Crippen molar-refractivity contribution in [1.82, 2.24) is 14.6 Å². The Labute approximate surface area is 152 Å². The predicted molar refractivity (Wildman–Crippen MR) is 90.2 cm³/mol. The van der Waals surface area contributed by atoms with Crippen LogP contribution in [-0.4, -0.2) is 25.9 Å². The van der Waals surface area contributed by atoms with Crippen LogP contribution in [0.2, 0.25) is 0 Å². The van der Waals surface area contributed by atoms with Crippen LogP contribution in [0.1, 0.15) is 11.1 Å². The number of hydrogen-bond acceptors (Lipinski definition) is 4. The van der Waals surface area contributed by atoms with Crippen molar-refractivity contribution in [3.63, 3.8) is 0 Å². The lowest BCUT2D eigenvalue weighted by Crippen LogP contribution is -2.34. The van der Waals surface area contributed by atoms with Gasteiger partial charge in [0.1, 0.15) is 12.1 Å². The van der Waals surface area contributed by atoms with E-state index in [1.807, 2.05) is 0 Å². The molecule has 146 valence electrons. The number of sulfonamides is 1. The Kier molecular flexibility index (Phi) is 6.06. The van der Waals surface area contributed by atoms with Gasteiger partial charge in [0.2, 0.25) is 15.9 Å². The molecule has 0 aliphatic heterocycles. The van der Waals surface area contributed by atoms with Gasteiger partial charge in [0, 0.05) is 12.7 Å². The van der Waals surface area contributed by atoms with Crippen molar-refractivity contribution in [2.24, 2.45) is 0 Å². The van der Waals surface area contributed by atoms with Gasteiger partial charge in [0.25, 0.3) is 5.56 Å². The van der Waals surface area contributed by atoms with Crippen LogP contribution in [0.3, 0.4) is 0 Å². The van der Waals surface area contributed by atoms with E-state index >= 15 is 0 Å². The minimum Gasteiger partial charge on any atom is -0.350 e. The van der Waals surface area contributed by atoms with Gasteiger partial charge < -0.3 is 9.88 Å². The fourth-order valence-electron chi connectivity index (χ4n) is 2.23. The number of rotatable bonds is 6. The first-order valence-electron chi connectivity index (χ1n) is 7.60. The Hall–Kier alpha value is -2.66. The summed E-state index contributed by atoms with van der Waals surface area (Å²) in [5.74, 6) is -0.696. The van der Waals surface area contributed by atoms with E-state index in [1.165, 1.54) is 25.2 Å². The highest BCUT2D eigenvalue weighted by atomic mass is 32.2. The van der Waals surface area contributed by atoms with Gasteiger partial charge in [-0.3, -0.25) is 9.59 Å². The summed E-state index contributed by atoms with van der Waals surface area (Å²) in [6.45, 7) is -0.656. The van der Waals surface area contributed by atoms with E-state index in [4.69, 9.17) is 0 Å². The molecule has 0 aliphatic carbocycles. The molecule has 1 aromatic carbocycles. The van der Waals surface area contributed by atoms with Crippen molar-refractivity contribution in [3.8, 4) is 0 Å². The molecule has 0 saturated heterocycles. The topological polar surface area (TPSA) is 97.3 Å². The van der Waals surface area contributed by atoms with Crippen LogP contribution >= 0.6 is 0 Å². The molecule has 2 rings (SSSR count). The number of carbonyl (C=O) groups excluding carboxylic acids is 1. The normalized spacial score (nSPS) is 12.0. The standard InChI is InChI=1S/C16H16F3N3O4S/c1-20-27(25,26)12-5-2-4-11(8-12)9-21-14(23)10-22-7-3-6-13(15(22)24)16(17,18)19/h2-8,20H,9-10H2,1H3,(H,21,23). The summed E-state index contributed by atoms with van der Waals surface area (Å²) in [5, 5.41) is 2.43. The van der Waals surface area contributed by atoms with Crippen LogP contribution in [0.15, 0.2) is 52.3 Å². The second-order valence-corrected chi connectivity index (χ2v) is 7.37. The lowest BCUT2D eigenvalue weighted by Gasteiger charge is -2.11. The molecule has 0 spiro atoms. The second-order valence-electron chi connectivity index (χ2n) is 5.48. The van der Waals surface area contributed by atoms with Crippen molar-refractivity contribution in [3.05, 3.63) is 64.1 Å². The number of nitrogens with one attached hydrogen (secondary N) is 2. The van der Waals surface area contributed by atoms with Crippen molar-refractivity contribution in [2.75, 3.05) is 7.05 Å². The van der Waals surface area contributed by atoms with Crippen LogP contribution < -0.4 is 15.6 Å². The number of aromatic nitrogens is 1. The number of benzene rings is 1. The lowest BCUT2D eigenvalue weighted by molar-refractivity contribution is -0.139. The van der Waals surface area contributed by atoms with Gasteiger partial charge in [-0.05, 0) is 36.9 Å². The number of alkyl halides is 3. The van der Waals surface area contributed by atoms with E-state index in [1.54, 1.807) is 6.07 Å². The number of nitrogens with zero attached hydrogens (tertiary/aromatic N) is 1. The van der Waals surface area contributed by atoms with Crippen LogP contribution in [0.4, 0.5) is 13.2 Å². The molecular formula is C16H16F3N3O4S. The van der Waals surface area contributed by atoms with E-state index in [-0.39, 0.29) is 11.4 Å². The maximum atomic E-state index is 12.7. The zero-order valence-electron chi connectivity index (χ0n) is 14.1. The van der Waals surface area contributed by atoms with E-state index in [2.05, 4.69) is 10.0 Å². The van der Waals surface area contributed by atoms with Crippen molar-refractivity contribution in [1.29, 1.82) is 0 Å². The molecule has 7 nitrogen and oxygen atoms in total. The number of carbonyl (C=O) groups is 1. The maximum Gasteiger partial charge on any atom is 0.421 e. The van der Waals surface area contributed by atoms with Gasteiger partial charge in [-0.1, -0.05) is 12.1 Å². The molecule has 2 aromatic rings. The van der Waals surface area contributed by atoms with Crippen molar-refractivity contribution >= 4 is 15.9 Å². The first-order chi connectivity index (χ1) is 12.5. The molecular weight excluding hydrogens is 387 g/mol. The summed E-state index contributed by atoms with van der Waals surface area (Å²) in [7, 11) is -2.39. The summed E-state index contributed by atoms with van der Waals surface area (Å²) in [6.07, 6.45) is -3.73. The van der Waals surface area contributed by atoms with Crippen LogP contribution in [0, 0.1) is 0 Å². The monoisotopic (exact) mass is 403 g/mol. The number of halogens is 3. The van der Waals surface area contributed by atoms with E-state index in [0.29, 0.717) is 16.2 Å². The largest absolute Gasteiger partial charge is 0.421 e. The molecule has 1 aromatic heterocycles. The average Bonchev–Trinajstić information content (AvgIpc) is 2.61. The highest BCUT2D eigenvalue weighted by Crippen LogP contribution is 2.25. The molecule has 0 aliphatic rings. The van der Waals surface area contributed by atoms with E-state index < -0.39 is 39.8 Å².